The Morgan fingerprint density at radius 3 is 2.85 bits per heavy atom. The number of anilines is 1. The highest BCUT2D eigenvalue weighted by Crippen LogP contribution is 2.29. The molecule has 0 spiro atoms. The predicted molar refractivity (Wildman–Crippen MR) is 98.9 cm³/mol. The zero-order valence-corrected chi connectivity index (χ0v) is 15.4. The van der Waals surface area contributed by atoms with Crippen molar-refractivity contribution in [3.05, 3.63) is 35.0 Å². The van der Waals surface area contributed by atoms with Gasteiger partial charge in [-0.1, -0.05) is 0 Å². The van der Waals surface area contributed by atoms with Gasteiger partial charge < -0.3 is 9.80 Å². The molecule has 1 fully saturated rings. The number of hydrogen-bond donors (Lipinski definition) is 1. The summed E-state index contributed by atoms with van der Waals surface area (Å²) < 4.78 is 0. The molecule has 1 saturated heterocycles. The van der Waals surface area contributed by atoms with Gasteiger partial charge in [-0.05, 0) is 44.6 Å². The number of hydrogen-bond acceptors (Lipinski definition) is 5. The highest BCUT2D eigenvalue weighted by atomic mass is 16.2. The Morgan fingerprint density at radius 2 is 2.08 bits per heavy atom. The van der Waals surface area contributed by atoms with Crippen molar-refractivity contribution in [1.82, 2.24) is 25.1 Å². The molecule has 0 radical (unpaired) electrons. The molecule has 0 atom stereocenters. The Bertz CT molecular complexity index is 767. The maximum Gasteiger partial charge on any atom is 0.222 e. The summed E-state index contributed by atoms with van der Waals surface area (Å²) in [7, 11) is 0. The molecule has 1 amide bonds. The number of carbonyl (C=O) groups excluding carboxylic acids is 1. The molecule has 2 aromatic rings. The Balaban J connectivity index is 1.41. The molecule has 0 aliphatic carbocycles. The first kappa shape index (κ1) is 17.0. The fraction of sp³-hybridized carbons (Fsp3) is 0.579. The van der Waals surface area contributed by atoms with Crippen molar-refractivity contribution in [3.8, 4) is 0 Å². The Labute approximate surface area is 153 Å². The summed E-state index contributed by atoms with van der Waals surface area (Å²) in [6, 6.07) is 0. The van der Waals surface area contributed by atoms with Crippen molar-refractivity contribution in [2.75, 3.05) is 24.5 Å². The first-order valence-corrected chi connectivity index (χ1v) is 9.57. The van der Waals surface area contributed by atoms with Crippen molar-refractivity contribution in [1.29, 1.82) is 0 Å². The first-order chi connectivity index (χ1) is 12.7. The second-order valence-electron chi connectivity index (χ2n) is 7.24. The van der Waals surface area contributed by atoms with Gasteiger partial charge in [0, 0.05) is 37.8 Å². The number of nitrogens with one attached hydrogen (secondary N) is 1. The third-order valence-corrected chi connectivity index (χ3v) is 5.32. The number of aromatic nitrogens is 4. The second-order valence-corrected chi connectivity index (χ2v) is 7.24. The minimum atomic E-state index is 0.220. The number of amides is 1. The van der Waals surface area contributed by atoms with Gasteiger partial charge in [-0.15, -0.1) is 0 Å². The van der Waals surface area contributed by atoms with Crippen LogP contribution in [0.2, 0.25) is 0 Å². The maximum absolute atomic E-state index is 12.6. The lowest BCUT2D eigenvalue weighted by atomic mass is 10.0. The van der Waals surface area contributed by atoms with E-state index in [0.717, 1.165) is 61.8 Å². The molecule has 4 heterocycles. The van der Waals surface area contributed by atoms with Crippen molar-refractivity contribution < 1.29 is 4.79 Å². The molecule has 2 aromatic heterocycles. The van der Waals surface area contributed by atoms with Gasteiger partial charge in [0.2, 0.25) is 5.91 Å². The molecule has 2 aliphatic heterocycles. The van der Waals surface area contributed by atoms with E-state index in [9.17, 15) is 4.79 Å². The van der Waals surface area contributed by atoms with Crippen LogP contribution in [0.5, 0.6) is 0 Å². The maximum atomic E-state index is 12.6. The predicted octanol–water partition coefficient (Wildman–Crippen LogP) is 2.02. The van der Waals surface area contributed by atoms with Crippen molar-refractivity contribution in [2.45, 2.75) is 52.0 Å². The average molecular weight is 354 g/mol. The molecule has 4 rings (SSSR count). The number of aryl methyl sites for hydroxylation is 2. The largest absolute Gasteiger partial charge is 0.356 e. The van der Waals surface area contributed by atoms with Crippen molar-refractivity contribution in [3.63, 3.8) is 0 Å². The summed E-state index contributed by atoms with van der Waals surface area (Å²) in [5.41, 5.74) is 3.44. The minimum absolute atomic E-state index is 0.220. The normalized spacial score (nSPS) is 16.8. The lowest BCUT2D eigenvalue weighted by Crippen LogP contribution is -2.37. The lowest BCUT2D eigenvalue weighted by molar-refractivity contribution is -0.132. The lowest BCUT2D eigenvalue weighted by Gasteiger charge is -2.31. The number of nitrogens with zero attached hydrogens (tertiary/aromatic N) is 5. The van der Waals surface area contributed by atoms with E-state index in [2.05, 4.69) is 20.1 Å². The third-order valence-electron chi connectivity index (χ3n) is 5.32. The summed E-state index contributed by atoms with van der Waals surface area (Å²) in [5, 5.41) is 6.76. The summed E-state index contributed by atoms with van der Waals surface area (Å²) in [5.74, 6) is 2.13. The van der Waals surface area contributed by atoms with Crippen LogP contribution in [0.25, 0.3) is 0 Å². The van der Waals surface area contributed by atoms with Crippen LogP contribution in [0.3, 0.4) is 0 Å². The van der Waals surface area contributed by atoms with Crippen LogP contribution in [-0.4, -0.2) is 50.6 Å². The SMILES string of the molecule is Cc1nc2c(c(N3CCCC3)n1)CCN(C(=O)CCCc1cn[nH]c1)C2. The average Bonchev–Trinajstić information content (AvgIpc) is 3.34. The molecule has 0 aromatic carbocycles. The Kier molecular flexibility index (Phi) is 4.86. The zero-order valence-electron chi connectivity index (χ0n) is 15.4. The molecule has 0 unspecified atom stereocenters. The zero-order chi connectivity index (χ0) is 17.9. The second kappa shape index (κ2) is 7.43. The summed E-state index contributed by atoms with van der Waals surface area (Å²) in [4.78, 5) is 26.3. The molecule has 0 saturated carbocycles. The number of fused-ring (bicyclic) bond motifs is 1. The number of rotatable bonds is 5. The van der Waals surface area contributed by atoms with E-state index >= 15 is 0 Å². The quantitative estimate of drug-likeness (QED) is 0.889. The van der Waals surface area contributed by atoms with Gasteiger partial charge >= 0.3 is 0 Å². The van der Waals surface area contributed by atoms with Gasteiger partial charge in [-0.2, -0.15) is 5.10 Å². The number of H-pyrrole nitrogens is 1. The fourth-order valence-electron chi connectivity index (χ4n) is 3.95. The Morgan fingerprint density at radius 1 is 1.23 bits per heavy atom. The summed E-state index contributed by atoms with van der Waals surface area (Å²) >= 11 is 0. The summed E-state index contributed by atoms with van der Waals surface area (Å²) in [6.45, 7) is 5.50. The molecular weight excluding hydrogens is 328 g/mol. The van der Waals surface area contributed by atoms with Gasteiger partial charge in [-0.25, -0.2) is 9.97 Å². The van der Waals surface area contributed by atoms with Gasteiger partial charge in [0.05, 0.1) is 18.4 Å². The van der Waals surface area contributed by atoms with E-state index in [0.29, 0.717) is 13.0 Å². The van der Waals surface area contributed by atoms with Crippen LogP contribution >= 0.6 is 0 Å². The number of carbonyl (C=O) groups is 1. The molecule has 0 bridgehead atoms. The highest BCUT2D eigenvalue weighted by molar-refractivity contribution is 5.76. The van der Waals surface area contributed by atoms with Crippen LogP contribution < -0.4 is 4.90 Å². The van der Waals surface area contributed by atoms with E-state index in [1.807, 2.05) is 24.2 Å². The third kappa shape index (κ3) is 3.57. The van der Waals surface area contributed by atoms with Gasteiger partial charge in [0.15, 0.2) is 0 Å². The molecule has 7 nitrogen and oxygen atoms in total. The van der Waals surface area contributed by atoms with Crippen LogP contribution in [0, 0.1) is 6.92 Å². The van der Waals surface area contributed by atoms with Gasteiger partial charge in [0.25, 0.3) is 0 Å². The van der Waals surface area contributed by atoms with Crippen LogP contribution in [0.1, 0.15) is 48.3 Å². The van der Waals surface area contributed by atoms with Crippen molar-refractivity contribution >= 4 is 11.7 Å². The van der Waals surface area contributed by atoms with Crippen LogP contribution in [-0.2, 0) is 24.2 Å². The van der Waals surface area contributed by atoms with E-state index in [4.69, 9.17) is 4.98 Å². The number of aromatic amines is 1. The fourth-order valence-corrected chi connectivity index (χ4v) is 3.95. The highest BCUT2D eigenvalue weighted by Gasteiger charge is 2.27. The van der Waals surface area contributed by atoms with Crippen molar-refractivity contribution in [2.24, 2.45) is 0 Å². The van der Waals surface area contributed by atoms with E-state index in [1.54, 1.807) is 0 Å². The molecule has 1 N–H and O–H groups in total. The molecule has 26 heavy (non-hydrogen) atoms. The summed E-state index contributed by atoms with van der Waals surface area (Å²) in [6.07, 6.45) is 9.34. The Hall–Kier alpha value is -2.44. The molecular formula is C19H26N6O. The minimum Gasteiger partial charge on any atom is -0.356 e. The molecule has 7 heteroatoms. The monoisotopic (exact) mass is 354 g/mol. The smallest absolute Gasteiger partial charge is 0.222 e. The van der Waals surface area contributed by atoms with Gasteiger partial charge in [-0.3, -0.25) is 9.89 Å². The van der Waals surface area contributed by atoms with E-state index < -0.39 is 0 Å². The van der Waals surface area contributed by atoms with Crippen LogP contribution in [0.15, 0.2) is 12.4 Å². The first-order valence-electron chi connectivity index (χ1n) is 9.57. The standard InChI is InChI=1S/C19H26N6O/c1-14-22-17-13-25(18(26)6-4-5-15-11-20-21-12-15)10-7-16(17)19(23-14)24-8-2-3-9-24/h11-12H,2-10,13H2,1H3,(H,20,21). The van der Waals surface area contributed by atoms with Gasteiger partial charge in [0.1, 0.15) is 11.6 Å². The topological polar surface area (TPSA) is 78.0 Å². The van der Waals surface area contributed by atoms with E-state index in [-0.39, 0.29) is 5.91 Å². The molecule has 2 aliphatic rings. The van der Waals surface area contributed by atoms with E-state index in [1.165, 1.54) is 18.4 Å². The van der Waals surface area contributed by atoms with Crippen LogP contribution in [0.4, 0.5) is 5.82 Å². The molecule has 138 valence electrons.